The zero-order chi connectivity index (χ0) is 29.0. The van der Waals surface area contributed by atoms with E-state index in [0.717, 1.165) is 71.9 Å². The van der Waals surface area contributed by atoms with Gasteiger partial charge in [-0.2, -0.15) is 18.3 Å². The topological polar surface area (TPSA) is 95.2 Å². The molecule has 216 valence electrons. The third kappa shape index (κ3) is 6.72. The maximum atomic E-state index is 15.0. The molecule has 0 spiro atoms. The number of piperidine rings is 1. The number of carbonyl (C=O) groups is 1. The van der Waals surface area contributed by atoms with Crippen LogP contribution in [-0.2, 0) is 3.68 Å². The molecule has 1 aliphatic heterocycles. The fraction of sp³-hybridized carbons (Fsp3) is 0.321. The molecule has 1 saturated heterocycles. The first-order chi connectivity index (χ1) is 19.6. The average Bonchev–Trinajstić information content (AvgIpc) is 3.41. The van der Waals surface area contributed by atoms with Gasteiger partial charge in [-0.25, -0.2) is 9.37 Å². The van der Waals surface area contributed by atoms with E-state index in [1.165, 1.54) is 18.3 Å². The van der Waals surface area contributed by atoms with Gasteiger partial charge in [-0.1, -0.05) is 6.42 Å². The van der Waals surface area contributed by atoms with Crippen molar-refractivity contribution in [3.05, 3.63) is 72.1 Å². The molecule has 0 aliphatic carbocycles. The highest BCUT2D eigenvalue weighted by molar-refractivity contribution is 14.1. The van der Waals surface area contributed by atoms with Gasteiger partial charge in [0.1, 0.15) is 18.2 Å². The lowest BCUT2D eigenvalue weighted by Crippen LogP contribution is -2.34. The number of H-pyrrole nitrogens is 1. The lowest BCUT2D eigenvalue weighted by Gasteiger charge is -2.28. The van der Waals surface area contributed by atoms with Gasteiger partial charge >= 0.3 is 6.18 Å². The molecule has 0 bridgehead atoms. The Kier molecular flexibility index (Phi) is 8.63. The average molecular weight is 682 g/mol. The molecule has 1 fully saturated rings. The van der Waals surface area contributed by atoms with E-state index in [4.69, 9.17) is 4.74 Å². The largest absolute Gasteiger partial charge is 0.492 e. The van der Waals surface area contributed by atoms with Crippen LogP contribution in [0.5, 0.6) is 5.75 Å². The number of benzene rings is 2. The van der Waals surface area contributed by atoms with E-state index in [-0.39, 0.29) is 29.4 Å². The van der Waals surface area contributed by atoms with E-state index in [9.17, 15) is 18.0 Å². The number of carbonyl (C=O) groups excluding carboxylic acids is 1. The highest BCUT2D eigenvalue weighted by Gasteiger charge is 2.57. The summed E-state index contributed by atoms with van der Waals surface area (Å²) >= 11 is 0.743. The van der Waals surface area contributed by atoms with Crippen molar-refractivity contribution in [3.63, 3.8) is 0 Å². The smallest absolute Gasteiger partial charge is 0.436 e. The van der Waals surface area contributed by atoms with Gasteiger partial charge in [0.15, 0.2) is 0 Å². The Labute approximate surface area is 247 Å². The Hall–Kier alpha value is -3.46. The number of nitrogens with zero attached hydrogens (tertiary/aromatic N) is 3. The van der Waals surface area contributed by atoms with Crippen molar-refractivity contribution in [3.8, 4) is 5.75 Å². The van der Waals surface area contributed by atoms with Gasteiger partial charge in [0.05, 0.1) is 22.8 Å². The van der Waals surface area contributed by atoms with E-state index in [1.807, 2.05) is 18.2 Å². The highest BCUT2D eigenvalue weighted by atomic mass is 127. The van der Waals surface area contributed by atoms with Gasteiger partial charge in [0, 0.05) is 35.6 Å². The molecule has 1 unspecified atom stereocenters. The van der Waals surface area contributed by atoms with E-state index in [0.29, 0.717) is 12.2 Å². The number of hydrogen-bond donors (Lipinski definition) is 3. The molecular formula is C28H27F4IN6O2. The molecule has 1 atom stereocenters. The summed E-state index contributed by atoms with van der Waals surface area (Å²) in [7, 11) is 0. The molecule has 5 rings (SSSR count). The minimum atomic E-state index is -5.17. The third-order valence-electron chi connectivity index (χ3n) is 6.80. The summed E-state index contributed by atoms with van der Waals surface area (Å²) in [5.41, 5.74) is 1.13. The fourth-order valence-electron chi connectivity index (χ4n) is 4.64. The number of fused-ring (bicyclic) bond motifs is 1. The Morgan fingerprint density at radius 3 is 2.61 bits per heavy atom. The van der Waals surface area contributed by atoms with Crippen LogP contribution in [0.15, 0.2) is 60.9 Å². The summed E-state index contributed by atoms with van der Waals surface area (Å²) in [6.07, 6.45) is 1.28. The van der Waals surface area contributed by atoms with Gasteiger partial charge in [0.25, 0.3) is 9.58 Å². The SMILES string of the molecule is O=C(Nc1ccc(C(F)(I)C(F)(F)F)c(OCCN2CCCCC2)c1)c1cccnc1Nc1ccc2cn[nH]c2c1. The lowest BCUT2D eigenvalue weighted by atomic mass is 10.1. The maximum Gasteiger partial charge on any atom is 0.436 e. The first-order valence-electron chi connectivity index (χ1n) is 13.0. The molecule has 0 radical (unpaired) electrons. The molecule has 0 saturated carbocycles. The number of aromatic nitrogens is 3. The summed E-state index contributed by atoms with van der Waals surface area (Å²) < 4.78 is 57.9. The zero-order valence-corrected chi connectivity index (χ0v) is 23.9. The molecule has 41 heavy (non-hydrogen) atoms. The Morgan fingerprint density at radius 1 is 1.05 bits per heavy atom. The predicted octanol–water partition coefficient (Wildman–Crippen LogP) is 6.94. The molecule has 3 heterocycles. The number of likely N-dealkylation sites (tertiary alicyclic amines) is 1. The van der Waals surface area contributed by atoms with Crippen molar-refractivity contribution >= 4 is 56.6 Å². The van der Waals surface area contributed by atoms with Gasteiger partial charge in [-0.3, -0.25) is 14.8 Å². The van der Waals surface area contributed by atoms with Crippen LogP contribution in [0.1, 0.15) is 35.2 Å². The predicted molar refractivity (Wildman–Crippen MR) is 157 cm³/mol. The van der Waals surface area contributed by atoms with Crippen LogP contribution < -0.4 is 15.4 Å². The van der Waals surface area contributed by atoms with Crippen LogP contribution in [0.3, 0.4) is 0 Å². The van der Waals surface area contributed by atoms with Crippen LogP contribution in [0, 0.1) is 0 Å². The summed E-state index contributed by atoms with van der Waals surface area (Å²) in [6, 6.07) is 12.1. The monoisotopic (exact) mass is 682 g/mol. The first kappa shape index (κ1) is 29.0. The van der Waals surface area contributed by atoms with Gasteiger partial charge < -0.3 is 15.4 Å². The quantitative estimate of drug-likeness (QED) is 0.101. The highest BCUT2D eigenvalue weighted by Crippen LogP contribution is 2.51. The number of aromatic amines is 1. The molecular weight excluding hydrogens is 655 g/mol. The number of amides is 1. The molecule has 4 aromatic rings. The van der Waals surface area contributed by atoms with Gasteiger partial charge in [-0.15, -0.1) is 0 Å². The number of alkyl halides is 5. The van der Waals surface area contributed by atoms with Crippen LogP contribution in [0.4, 0.5) is 34.8 Å². The van der Waals surface area contributed by atoms with Crippen LogP contribution in [-0.4, -0.2) is 58.4 Å². The van der Waals surface area contributed by atoms with Crippen molar-refractivity contribution in [1.29, 1.82) is 0 Å². The maximum absolute atomic E-state index is 15.0. The molecule has 8 nitrogen and oxygen atoms in total. The minimum absolute atomic E-state index is 0.0757. The standard InChI is InChI=1S/C28H27F4IN6O2/c29-27(33,28(30,31)32)22-9-8-20(16-24(22)41-14-13-39-11-2-1-3-12-39)37-26(40)21-5-4-10-34-25(21)36-19-7-6-18-17-35-38-23(18)15-19/h4-10,15-17H,1-3,11-14H2,(H,34,36)(H,35,38)(H,37,40). The van der Waals surface area contributed by atoms with Crippen LogP contribution in [0.2, 0.25) is 0 Å². The van der Waals surface area contributed by atoms with Crippen molar-refractivity contribution in [1.82, 2.24) is 20.1 Å². The van der Waals surface area contributed by atoms with E-state index in [1.54, 1.807) is 18.3 Å². The number of pyridine rings is 1. The Bertz CT molecular complexity index is 1520. The van der Waals surface area contributed by atoms with E-state index in [2.05, 4.69) is 30.7 Å². The van der Waals surface area contributed by atoms with Crippen molar-refractivity contribution in [2.75, 3.05) is 36.9 Å². The summed E-state index contributed by atoms with van der Waals surface area (Å²) in [5, 5.41) is 13.6. The first-order valence-corrected chi connectivity index (χ1v) is 14.1. The van der Waals surface area contributed by atoms with Crippen LogP contribution in [0.25, 0.3) is 10.9 Å². The molecule has 2 aromatic heterocycles. The zero-order valence-electron chi connectivity index (χ0n) is 21.8. The number of hydrogen-bond acceptors (Lipinski definition) is 6. The number of rotatable bonds is 9. The second kappa shape index (κ2) is 12.2. The summed E-state index contributed by atoms with van der Waals surface area (Å²) in [6.45, 7) is 2.33. The Morgan fingerprint density at radius 2 is 1.83 bits per heavy atom. The second-order valence-corrected chi connectivity index (χ2v) is 11.2. The number of nitrogens with one attached hydrogen (secondary N) is 3. The van der Waals surface area contributed by atoms with Gasteiger partial charge in [-0.05, 0) is 91.0 Å². The normalized spacial score (nSPS) is 15.8. The van der Waals surface area contributed by atoms with Crippen LogP contribution >= 0.6 is 22.6 Å². The lowest BCUT2D eigenvalue weighted by molar-refractivity contribution is -0.191. The molecule has 1 aliphatic rings. The molecule has 1 amide bonds. The third-order valence-corrected chi connectivity index (χ3v) is 8.00. The summed E-state index contributed by atoms with van der Waals surface area (Å²) in [4.78, 5) is 19.7. The Balaban J connectivity index is 1.36. The van der Waals surface area contributed by atoms with Gasteiger partial charge in [0.2, 0.25) is 0 Å². The van der Waals surface area contributed by atoms with E-state index >= 15 is 4.39 Å². The second-order valence-electron chi connectivity index (χ2n) is 9.68. The van der Waals surface area contributed by atoms with Crippen molar-refractivity contribution in [2.24, 2.45) is 0 Å². The molecule has 3 N–H and O–H groups in total. The van der Waals surface area contributed by atoms with E-state index < -0.39 is 21.3 Å². The van der Waals surface area contributed by atoms with Crippen molar-refractivity contribution < 1.29 is 27.1 Å². The summed E-state index contributed by atoms with van der Waals surface area (Å²) in [5.74, 6) is -0.580. The van der Waals surface area contributed by atoms with Crippen molar-refractivity contribution in [2.45, 2.75) is 29.1 Å². The number of halogens is 5. The number of ether oxygens (including phenoxy) is 1. The molecule has 2 aromatic carbocycles. The number of anilines is 3. The molecule has 13 heteroatoms. The fourth-order valence-corrected chi connectivity index (χ4v) is 5.08. The minimum Gasteiger partial charge on any atom is -0.492 e.